The van der Waals surface area contributed by atoms with Gasteiger partial charge in [-0.05, 0) is 38.2 Å². The van der Waals surface area contributed by atoms with Crippen LogP contribution in [0.3, 0.4) is 0 Å². The molecule has 1 aromatic heterocycles. The molecule has 27 heavy (non-hydrogen) atoms. The summed E-state index contributed by atoms with van der Waals surface area (Å²) in [5, 5.41) is 17.3. The molecule has 1 unspecified atom stereocenters. The molecule has 1 atom stereocenters. The lowest BCUT2D eigenvalue weighted by molar-refractivity contribution is 0.0715. The first-order chi connectivity index (χ1) is 12.9. The summed E-state index contributed by atoms with van der Waals surface area (Å²) in [5.74, 6) is 0.477. The molecule has 0 spiro atoms. The summed E-state index contributed by atoms with van der Waals surface area (Å²) in [6, 6.07) is 1.68. The maximum atomic E-state index is 12.7. The summed E-state index contributed by atoms with van der Waals surface area (Å²) >= 11 is 0. The molecule has 1 saturated heterocycles. The van der Waals surface area contributed by atoms with Crippen LogP contribution in [0.2, 0.25) is 0 Å². The highest BCUT2D eigenvalue weighted by molar-refractivity contribution is 7.91. The van der Waals surface area contributed by atoms with Gasteiger partial charge in [0, 0.05) is 23.6 Å². The molecule has 4 rings (SSSR count). The molecule has 1 aliphatic heterocycles. The summed E-state index contributed by atoms with van der Waals surface area (Å²) in [4.78, 5) is 12.7. The Labute approximate surface area is 160 Å². The van der Waals surface area contributed by atoms with Crippen molar-refractivity contribution in [3.63, 3.8) is 0 Å². The summed E-state index contributed by atoms with van der Waals surface area (Å²) in [7, 11) is -3.00. The molecule has 1 aromatic rings. The van der Waals surface area contributed by atoms with Crippen molar-refractivity contribution in [1.29, 1.82) is 0 Å². The largest absolute Gasteiger partial charge is 0.396 e. The van der Waals surface area contributed by atoms with E-state index in [1.165, 1.54) is 6.42 Å². The van der Waals surface area contributed by atoms with Crippen LogP contribution < -0.4 is 5.32 Å². The van der Waals surface area contributed by atoms with Gasteiger partial charge in [-0.25, -0.2) is 8.42 Å². The summed E-state index contributed by atoms with van der Waals surface area (Å²) in [5.41, 5.74) is 1.15. The van der Waals surface area contributed by atoms with Gasteiger partial charge in [-0.2, -0.15) is 5.10 Å². The Balaban J connectivity index is 1.48. The molecule has 2 heterocycles. The first-order valence-electron chi connectivity index (χ1n) is 10.1. The van der Waals surface area contributed by atoms with Crippen LogP contribution in [-0.4, -0.2) is 53.9 Å². The van der Waals surface area contributed by atoms with Gasteiger partial charge in [-0.15, -0.1) is 0 Å². The van der Waals surface area contributed by atoms with Crippen LogP contribution in [0.25, 0.3) is 0 Å². The van der Waals surface area contributed by atoms with Gasteiger partial charge in [0.15, 0.2) is 9.84 Å². The predicted octanol–water partition coefficient (Wildman–Crippen LogP) is 1.79. The van der Waals surface area contributed by atoms with Crippen LogP contribution in [0, 0.1) is 5.41 Å². The van der Waals surface area contributed by atoms with E-state index >= 15 is 0 Å². The molecule has 2 saturated carbocycles. The fourth-order valence-electron chi connectivity index (χ4n) is 4.52. The van der Waals surface area contributed by atoms with Crippen molar-refractivity contribution < 1.29 is 18.3 Å². The Morgan fingerprint density at radius 1 is 1.26 bits per heavy atom. The second-order valence-electron chi connectivity index (χ2n) is 8.63. The van der Waals surface area contributed by atoms with Crippen molar-refractivity contribution in [3.05, 3.63) is 17.5 Å². The predicted molar refractivity (Wildman–Crippen MR) is 101 cm³/mol. The molecular weight excluding hydrogens is 366 g/mol. The molecule has 150 valence electrons. The minimum atomic E-state index is -3.00. The Morgan fingerprint density at radius 2 is 2.00 bits per heavy atom. The van der Waals surface area contributed by atoms with Crippen molar-refractivity contribution in [2.24, 2.45) is 5.41 Å². The molecule has 7 nitrogen and oxygen atoms in total. The van der Waals surface area contributed by atoms with E-state index in [9.17, 15) is 18.3 Å². The minimum Gasteiger partial charge on any atom is -0.396 e. The summed E-state index contributed by atoms with van der Waals surface area (Å²) in [6.45, 7) is 0.556. The Bertz CT molecular complexity index is 807. The molecule has 2 aliphatic carbocycles. The lowest BCUT2D eigenvalue weighted by atomic mass is 9.74. The lowest BCUT2D eigenvalue weighted by Crippen LogP contribution is -2.41. The number of sulfone groups is 1. The molecule has 3 aliphatic rings. The normalized spacial score (nSPS) is 26.8. The van der Waals surface area contributed by atoms with Gasteiger partial charge in [-0.3, -0.25) is 9.48 Å². The molecule has 3 fully saturated rings. The average molecular weight is 396 g/mol. The van der Waals surface area contributed by atoms with E-state index in [0.29, 0.717) is 24.6 Å². The summed E-state index contributed by atoms with van der Waals surface area (Å²) < 4.78 is 25.5. The van der Waals surface area contributed by atoms with Crippen LogP contribution in [-0.2, 0) is 9.84 Å². The van der Waals surface area contributed by atoms with Crippen LogP contribution in [0.4, 0.5) is 0 Å². The van der Waals surface area contributed by atoms with Gasteiger partial charge in [0.1, 0.15) is 5.69 Å². The first-order valence-corrected chi connectivity index (χ1v) is 11.9. The third-order valence-electron chi connectivity index (χ3n) is 6.42. The quantitative estimate of drug-likeness (QED) is 0.765. The number of aliphatic hydroxyl groups is 1. The topological polar surface area (TPSA) is 101 Å². The highest BCUT2D eigenvalue weighted by atomic mass is 32.2. The number of rotatable bonds is 6. The molecule has 1 amide bonds. The molecule has 0 aromatic carbocycles. The van der Waals surface area contributed by atoms with Crippen molar-refractivity contribution in [1.82, 2.24) is 15.1 Å². The summed E-state index contributed by atoms with van der Waals surface area (Å²) in [6.07, 6.45) is 7.95. The number of nitrogens with zero attached hydrogens (tertiary/aromatic N) is 2. The minimum absolute atomic E-state index is 0.0922. The van der Waals surface area contributed by atoms with E-state index in [1.807, 2.05) is 6.07 Å². The maximum absolute atomic E-state index is 12.7. The second-order valence-corrected chi connectivity index (χ2v) is 10.9. The highest BCUT2D eigenvalue weighted by Gasteiger charge is 2.37. The van der Waals surface area contributed by atoms with Gasteiger partial charge < -0.3 is 10.4 Å². The van der Waals surface area contributed by atoms with Gasteiger partial charge in [0.05, 0.1) is 24.2 Å². The van der Waals surface area contributed by atoms with Gasteiger partial charge >= 0.3 is 0 Å². The number of carbonyl (C=O) groups is 1. The number of amides is 1. The Morgan fingerprint density at radius 3 is 2.59 bits per heavy atom. The van der Waals surface area contributed by atoms with Gasteiger partial charge in [-0.1, -0.05) is 19.3 Å². The standard InChI is InChI=1S/C19H29N3O4S/c23-13-19(7-2-1-3-8-19)12-20-18(24)16-10-17(14-4-5-14)22(21-16)15-6-9-27(25,26)11-15/h10,14-15,23H,1-9,11-13H2,(H,20,24). The molecule has 0 radical (unpaired) electrons. The SMILES string of the molecule is O=C(NCC1(CO)CCCCC1)c1cc(C2CC2)n(C2CCS(=O)(=O)C2)n1. The number of carbonyl (C=O) groups excluding carboxylic acids is 1. The van der Waals surface area contributed by atoms with E-state index in [4.69, 9.17) is 0 Å². The van der Waals surface area contributed by atoms with E-state index in [-0.39, 0.29) is 35.5 Å². The van der Waals surface area contributed by atoms with Gasteiger partial charge in [0.2, 0.25) is 0 Å². The number of aliphatic hydroxyl groups excluding tert-OH is 1. The van der Waals surface area contributed by atoms with Crippen LogP contribution >= 0.6 is 0 Å². The van der Waals surface area contributed by atoms with Gasteiger partial charge in [0.25, 0.3) is 5.91 Å². The fraction of sp³-hybridized carbons (Fsp3) is 0.789. The maximum Gasteiger partial charge on any atom is 0.271 e. The van der Waals surface area contributed by atoms with Crippen molar-refractivity contribution in [3.8, 4) is 0 Å². The highest BCUT2D eigenvalue weighted by Crippen LogP contribution is 2.42. The fourth-order valence-corrected chi connectivity index (χ4v) is 6.21. The van der Waals surface area contributed by atoms with E-state index in [1.54, 1.807) is 4.68 Å². The van der Waals surface area contributed by atoms with E-state index < -0.39 is 9.84 Å². The van der Waals surface area contributed by atoms with Crippen LogP contribution in [0.5, 0.6) is 0 Å². The number of aromatic nitrogens is 2. The molecule has 2 N–H and O–H groups in total. The Hall–Kier alpha value is -1.41. The van der Waals surface area contributed by atoms with Crippen molar-refractivity contribution in [2.75, 3.05) is 24.7 Å². The third-order valence-corrected chi connectivity index (χ3v) is 8.17. The van der Waals surface area contributed by atoms with Crippen LogP contribution in [0.1, 0.15) is 79.5 Å². The monoisotopic (exact) mass is 395 g/mol. The average Bonchev–Trinajstić information content (AvgIpc) is 3.31. The third kappa shape index (κ3) is 4.06. The number of hydrogen-bond acceptors (Lipinski definition) is 5. The Kier molecular flexibility index (Phi) is 5.05. The number of hydrogen-bond donors (Lipinski definition) is 2. The zero-order chi connectivity index (χ0) is 19.1. The van der Waals surface area contributed by atoms with Crippen molar-refractivity contribution in [2.45, 2.75) is 63.3 Å². The van der Waals surface area contributed by atoms with Crippen LogP contribution in [0.15, 0.2) is 6.07 Å². The molecular formula is C19H29N3O4S. The zero-order valence-corrected chi connectivity index (χ0v) is 16.5. The number of nitrogens with one attached hydrogen (secondary N) is 1. The zero-order valence-electron chi connectivity index (χ0n) is 15.7. The molecule has 8 heteroatoms. The van der Waals surface area contributed by atoms with E-state index in [2.05, 4.69) is 10.4 Å². The first kappa shape index (κ1) is 18.9. The van der Waals surface area contributed by atoms with Crippen molar-refractivity contribution >= 4 is 15.7 Å². The second kappa shape index (κ2) is 7.20. The van der Waals surface area contributed by atoms with E-state index in [0.717, 1.165) is 44.2 Å². The molecule has 0 bridgehead atoms. The smallest absolute Gasteiger partial charge is 0.271 e. The lowest BCUT2D eigenvalue weighted by Gasteiger charge is -2.35.